The summed E-state index contributed by atoms with van der Waals surface area (Å²) in [7, 11) is 0. The molecule has 4 saturated heterocycles. The number of pyridine rings is 1. The SMILES string of the molecule is C1CN2CCC1CC2.CCN(CCCNCC(O)c1ccc(O)c2[nH]c(=O)ccc12)C(=O)c1ccc(C(=O)N2CCC(C(=O)O)(c3ccccc3)CC2)cc1. The van der Waals surface area contributed by atoms with E-state index in [4.69, 9.17) is 0 Å². The zero-order chi connectivity index (χ0) is 39.0. The fourth-order valence-corrected chi connectivity index (χ4v) is 8.16. The van der Waals surface area contributed by atoms with Gasteiger partial charge in [0, 0.05) is 55.3 Å². The van der Waals surface area contributed by atoms with Gasteiger partial charge in [-0.3, -0.25) is 19.2 Å². The number of aromatic amines is 1. The zero-order valence-electron chi connectivity index (χ0n) is 31.6. The molecule has 4 aliphatic rings. The highest BCUT2D eigenvalue weighted by Gasteiger charge is 2.44. The molecular weight excluding hydrogens is 699 g/mol. The van der Waals surface area contributed by atoms with Crippen LogP contribution in [0.25, 0.3) is 10.9 Å². The van der Waals surface area contributed by atoms with Crippen molar-refractivity contribution in [2.24, 2.45) is 5.92 Å². The van der Waals surface area contributed by atoms with E-state index in [1.807, 2.05) is 37.3 Å². The molecule has 0 aliphatic carbocycles. The number of phenolic OH excluding ortho intramolecular Hbond substituents is 1. The molecule has 8 rings (SSSR count). The van der Waals surface area contributed by atoms with E-state index in [1.54, 1.807) is 46.2 Å². The fraction of sp³-hybridized carbons (Fsp3) is 0.442. The monoisotopic (exact) mass is 751 g/mol. The molecule has 2 bridgehead atoms. The van der Waals surface area contributed by atoms with Gasteiger partial charge >= 0.3 is 5.97 Å². The summed E-state index contributed by atoms with van der Waals surface area (Å²) in [5, 5.41) is 34.7. The number of H-pyrrole nitrogens is 1. The van der Waals surface area contributed by atoms with Gasteiger partial charge in [0.05, 0.1) is 17.0 Å². The third kappa shape index (κ3) is 9.26. The summed E-state index contributed by atoms with van der Waals surface area (Å²) in [6.45, 7) is 8.50. The van der Waals surface area contributed by atoms with Crippen molar-refractivity contribution < 1.29 is 29.7 Å². The average Bonchev–Trinajstić information content (AvgIpc) is 3.23. The van der Waals surface area contributed by atoms with Crippen LogP contribution in [0.5, 0.6) is 5.75 Å². The molecule has 55 heavy (non-hydrogen) atoms. The fourth-order valence-electron chi connectivity index (χ4n) is 8.16. The summed E-state index contributed by atoms with van der Waals surface area (Å²) < 4.78 is 0. The number of hydrogen-bond acceptors (Lipinski definition) is 8. The Morgan fingerprint density at radius 1 is 0.891 bits per heavy atom. The number of carboxylic acid groups (broad SMARTS) is 1. The number of hydrogen-bond donors (Lipinski definition) is 5. The predicted molar refractivity (Wildman–Crippen MR) is 211 cm³/mol. The topological polar surface area (TPSA) is 167 Å². The first kappa shape index (κ1) is 39.6. The molecule has 2 amide bonds. The van der Waals surface area contributed by atoms with Crippen molar-refractivity contribution in [3.05, 3.63) is 111 Å². The molecule has 0 spiro atoms. The van der Waals surface area contributed by atoms with Gasteiger partial charge < -0.3 is 40.3 Å². The van der Waals surface area contributed by atoms with Crippen LogP contribution in [0, 0.1) is 5.92 Å². The van der Waals surface area contributed by atoms with Gasteiger partial charge in [-0.1, -0.05) is 36.4 Å². The van der Waals surface area contributed by atoms with E-state index in [2.05, 4.69) is 15.2 Å². The molecule has 5 heterocycles. The van der Waals surface area contributed by atoms with E-state index in [9.17, 15) is 34.5 Å². The number of amides is 2. The van der Waals surface area contributed by atoms with Gasteiger partial charge in [0.1, 0.15) is 5.75 Å². The lowest BCUT2D eigenvalue weighted by molar-refractivity contribution is -0.145. The second kappa shape index (κ2) is 18.1. The lowest BCUT2D eigenvalue weighted by Crippen LogP contribution is -2.49. The number of aliphatic hydroxyl groups is 1. The number of carbonyl (C=O) groups excluding carboxylic acids is 2. The molecule has 5 N–H and O–H groups in total. The number of nitrogens with one attached hydrogen (secondary N) is 2. The van der Waals surface area contributed by atoms with Crippen LogP contribution in [0.2, 0.25) is 0 Å². The Balaban J connectivity index is 0.000000563. The quantitative estimate of drug-likeness (QED) is 0.128. The summed E-state index contributed by atoms with van der Waals surface area (Å²) in [6, 6.07) is 21.7. The highest BCUT2D eigenvalue weighted by atomic mass is 16.4. The maximum absolute atomic E-state index is 13.3. The van der Waals surface area contributed by atoms with E-state index in [1.165, 1.54) is 51.0 Å². The van der Waals surface area contributed by atoms with Crippen LogP contribution in [-0.4, -0.2) is 112 Å². The second-order valence-corrected chi connectivity index (χ2v) is 14.9. The molecule has 12 nitrogen and oxygen atoms in total. The van der Waals surface area contributed by atoms with E-state index < -0.39 is 17.5 Å². The summed E-state index contributed by atoms with van der Waals surface area (Å²) in [5.74, 6) is -0.176. The first-order valence-corrected chi connectivity index (χ1v) is 19.5. The Kier molecular flexibility index (Phi) is 13.0. The number of fused-ring (bicyclic) bond motifs is 4. The molecule has 1 aromatic heterocycles. The Morgan fingerprint density at radius 2 is 1.55 bits per heavy atom. The van der Waals surface area contributed by atoms with Crippen molar-refractivity contribution in [1.29, 1.82) is 0 Å². The normalized spacial score (nSPS) is 19.3. The minimum Gasteiger partial charge on any atom is -0.506 e. The smallest absolute Gasteiger partial charge is 0.314 e. The van der Waals surface area contributed by atoms with E-state index in [-0.39, 0.29) is 35.2 Å². The second-order valence-electron chi connectivity index (χ2n) is 14.9. The predicted octanol–water partition coefficient (Wildman–Crippen LogP) is 4.77. The first-order valence-electron chi connectivity index (χ1n) is 19.5. The number of benzene rings is 3. The molecule has 1 atom stereocenters. The average molecular weight is 752 g/mol. The van der Waals surface area contributed by atoms with E-state index in [0.717, 1.165) is 11.5 Å². The summed E-state index contributed by atoms with van der Waals surface area (Å²) >= 11 is 0. The number of aliphatic carboxylic acids is 1. The Morgan fingerprint density at radius 3 is 2.13 bits per heavy atom. The number of carboxylic acids is 1. The number of likely N-dealkylation sites (tertiary alicyclic amines) is 1. The van der Waals surface area contributed by atoms with Crippen molar-refractivity contribution in [3.63, 3.8) is 0 Å². The molecule has 292 valence electrons. The molecule has 3 aromatic carbocycles. The summed E-state index contributed by atoms with van der Waals surface area (Å²) in [6.07, 6.45) is 4.87. The number of phenols is 1. The van der Waals surface area contributed by atoms with Gasteiger partial charge in [-0.05, 0) is 125 Å². The minimum atomic E-state index is -1.02. The summed E-state index contributed by atoms with van der Waals surface area (Å²) in [4.78, 5) is 59.0. The van der Waals surface area contributed by atoms with Crippen LogP contribution >= 0.6 is 0 Å². The number of piperidine rings is 4. The maximum atomic E-state index is 13.3. The van der Waals surface area contributed by atoms with Crippen molar-refractivity contribution >= 4 is 28.7 Å². The molecule has 4 aromatic rings. The number of aliphatic hydroxyl groups excluding tert-OH is 1. The van der Waals surface area contributed by atoms with Crippen molar-refractivity contribution in [3.8, 4) is 5.75 Å². The molecule has 0 radical (unpaired) electrons. The molecule has 0 saturated carbocycles. The van der Waals surface area contributed by atoms with Crippen molar-refractivity contribution in [1.82, 2.24) is 25.0 Å². The van der Waals surface area contributed by atoms with Crippen LogP contribution in [0.1, 0.15) is 83.4 Å². The van der Waals surface area contributed by atoms with Crippen LogP contribution in [0.3, 0.4) is 0 Å². The van der Waals surface area contributed by atoms with Crippen LogP contribution in [0.15, 0.2) is 83.7 Å². The minimum absolute atomic E-state index is 0.0677. The lowest BCUT2D eigenvalue weighted by atomic mass is 9.73. The third-order valence-corrected chi connectivity index (χ3v) is 11.6. The highest BCUT2D eigenvalue weighted by Crippen LogP contribution is 2.36. The zero-order valence-corrected chi connectivity index (χ0v) is 31.6. The lowest BCUT2D eigenvalue weighted by Gasteiger charge is -2.39. The number of nitrogens with zero attached hydrogens (tertiary/aromatic N) is 3. The number of aromatic hydroxyl groups is 1. The van der Waals surface area contributed by atoms with Gasteiger partial charge in [-0.25, -0.2) is 0 Å². The van der Waals surface area contributed by atoms with E-state index in [0.29, 0.717) is 74.1 Å². The maximum Gasteiger partial charge on any atom is 0.314 e. The van der Waals surface area contributed by atoms with Gasteiger partial charge in [0.25, 0.3) is 11.8 Å². The Hall–Kier alpha value is -5.04. The van der Waals surface area contributed by atoms with Gasteiger partial charge in [0.15, 0.2) is 0 Å². The van der Waals surface area contributed by atoms with Crippen molar-refractivity contribution in [2.75, 3.05) is 58.9 Å². The molecule has 1 unspecified atom stereocenters. The standard InChI is InChI=1S/C36H40N4O7.C7H13N/c1-2-39(20-6-19-37-23-30(42)27-13-15-29(41)32-28(27)14-16-31(43)38-32)33(44)24-9-11-25(12-10-24)34(45)40-21-17-36(18-22-40,35(46)47)26-7-4-3-5-8-26;1-4-8-5-2-7(1)3-6-8/h3-5,7-16,30,37,41-42H,2,6,17-23H2,1H3,(H,38,43)(H,46,47);7H,1-6H2. The third-order valence-electron chi connectivity index (χ3n) is 11.6. The number of aromatic nitrogens is 1. The van der Waals surface area contributed by atoms with Gasteiger partial charge in [0.2, 0.25) is 5.56 Å². The number of rotatable bonds is 12. The number of carbonyl (C=O) groups is 3. The molecule has 4 fully saturated rings. The van der Waals surface area contributed by atoms with E-state index >= 15 is 0 Å². The van der Waals surface area contributed by atoms with Crippen LogP contribution in [0.4, 0.5) is 0 Å². The largest absolute Gasteiger partial charge is 0.506 e. The Labute approximate surface area is 321 Å². The first-order chi connectivity index (χ1) is 26.6. The molecule has 12 heteroatoms. The summed E-state index contributed by atoms with van der Waals surface area (Å²) in [5.41, 5.74) is 1.16. The van der Waals surface area contributed by atoms with Gasteiger partial charge in [-0.15, -0.1) is 0 Å². The van der Waals surface area contributed by atoms with Crippen LogP contribution in [-0.2, 0) is 10.2 Å². The van der Waals surface area contributed by atoms with Crippen LogP contribution < -0.4 is 10.9 Å². The molecule has 4 aliphatic heterocycles. The molecular formula is C43H53N5O7. The highest BCUT2D eigenvalue weighted by molar-refractivity contribution is 5.98. The van der Waals surface area contributed by atoms with Crippen molar-refractivity contribution in [2.45, 2.75) is 57.0 Å². The Bertz CT molecular complexity index is 1960. The van der Waals surface area contributed by atoms with Gasteiger partial charge in [-0.2, -0.15) is 0 Å².